The summed E-state index contributed by atoms with van der Waals surface area (Å²) >= 11 is 0. The van der Waals surface area contributed by atoms with Gasteiger partial charge in [0.1, 0.15) is 0 Å². The Bertz CT molecular complexity index is 328. The van der Waals surface area contributed by atoms with Crippen LogP contribution in [-0.2, 0) is 0 Å². The van der Waals surface area contributed by atoms with Crippen molar-refractivity contribution < 1.29 is 0 Å². The van der Waals surface area contributed by atoms with Crippen molar-refractivity contribution in [2.75, 3.05) is 18.0 Å². The summed E-state index contributed by atoms with van der Waals surface area (Å²) in [7, 11) is 0. The zero-order valence-corrected chi connectivity index (χ0v) is 8.70. The third kappa shape index (κ3) is 2.74. The fourth-order valence-electron chi connectivity index (χ4n) is 1.38. The number of hydrogen-bond donors (Lipinski definition) is 0. The van der Waals surface area contributed by atoms with Gasteiger partial charge in [-0.1, -0.05) is 0 Å². The quantitative estimate of drug-likeness (QED) is 0.728. The van der Waals surface area contributed by atoms with Crippen LogP contribution in [0, 0.1) is 18.3 Å². The summed E-state index contributed by atoms with van der Waals surface area (Å²) in [5.41, 5.74) is 2.16. The third-order valence-corrected chi connectivity index (χ3v) is 2.12. The summed E-state index contributed by atoms with van der Waals surface area (Å²) in [6, 6.07) is 6.18. The van der Waals surface area contributed by atoms with Crippen molar-refractivity contribution in [3.05, 3.63) is 24.0 Å². The molecule has 1 rings (SSSR count). The van der Waals surface area contributed by atoms with E-state index in [1.165, 1.54) is 0 Å². The lowest BCUT2D eigenvalue weighted by Gasteiger charge is -2.21. The van der Waals surface area contributed by atoms with E-state index in [9.17, 15) is 0 Å². The van der Waals surface area contributed by atoms with Crippen LogP contribution in [0.2, 0.25) is 0 Å². The highest BCUT2D eigenvalue weighted by atomic mass is 15.1. The van der Waals surface area contributed by atoms with E-state index in [2.05, 4.69) is 22.9 Å². The van der Waals surface area contributed by atoms with Crippen molar-refractivity contribution >= 4 is 5.69 Å². The Morgan fingerprint density at radius 3 is 2.93 bits per heavy atom. The first kappa shape index (κ1) is 10.5. The molecule has 0 amide bonds. The molecule has 3 nitrogen and oxygen atoms in total. The largest absolute Gasteiger partial charge is 0.371 e. The number of aromatic nitrogens is 1. The van der Waals surface area contributed by atoms with Crippen LogP contribution in [0.4, 0.5) is 5.69 Å². The summed E-state index contributed by atoms with van der Waals surface area (Å²) in [4.78, 5) is 6.32. The molecule has 0 aliphatic carbocycles. The number of anilines is 1. The highest BCUT2D eigenvalue weighted by molar-refractivity contribution is 5.46. The molecule has 14 heavy (non-hydrogen) atoms. The Morgan fingerprint density at radius 2 is 2.36 bits per heavy atom. The second-order valence-corrected chi connectivity index (χ2v) is 3.14. The Hall–Kier alpha value is -1.56. The van der Waals surface area contributed by atoms with Gasteiger partial charge >= 0.3 is 0 Å². The molecule has 0 N–H and O–H groups in total. The standard InChI is InChI=1S/C11H15N3/c1-3-14(8-4-6-12)11-5-7-13-10(2)9-11/h5,7,9H,3-4,8H2,1-2H3. The molecule has 0 aromatic carbocycles. The summed E-state index contributed by atoms with van der Waals surface area (Å²) in [5, 5.41) is 8.52. The molecule has 0 unspecified atom stereocenters. The molecule has 0 fully saturated rings. The predicted molar refractivity (Wildman–Crippen MR) is 57.1 cm³/mol. The zero-order valence-electron chi connectivity index (χ0n) is 8.70. The summed E-state index contributed by atoms with van der Waals surface area (Å²) in [5.74, 6) is 0. The van der Waals surface area contributed by atoms with Crippen LogP contribution in [0.25, 0.3) is 0 Å². The molecule has 0 saturated carbocycles. The molecule has 1 heterocycles. The monoisotopic (exact) mass is 189 g/mol. The van der Waals surface area contributed by atoms with Crippen molar-refractivity contribution in [1.82, 2.24) is 4.98 Å². The minimum absolute atomic E-state index is 0.565. The van der Waals surface area contributed by atoms with E-state index < -0.39 is 0 Å². The number of nitrogens with zero attached hydrogens (tertiary/aromatic N) is 3. The van der Waals surface area contributed by atoms with Gasteiger partial charge in [-0.3, -0.25) is 4.98 Å². The van der Waals surface area contributed by atoms with Gasteiger partial charge in [0.2, 0.25) is 0 Å². The summed E-state index contributed by atoms with van der Waals surface area (Å²) in [6.07, 6.45) is 2.37. The third-order valence-electron chi connectivity index (χ3n) is 2.12. The van der Waals surface area contributed by atoms with Crippen molar-refractivity contribution in [3.8, 4) is 6.07 Å². The molecule has 1 aromatic heterocycles. The van der Waals surface area contributed by atoms with Crippen molar-refractivity contribution in [2.45, 2.75) is 20.3 Å². The number of rotatable bonds is 4. The van der Waals surface area contributed by atoms with E-state index in [4.69, 9.17) is 5.26 Å². The second kappa shape index (κ2) is 5.23. The first-order valence-corrected chi connectivity index (χ1v) is 4.82. The lowest BCUT2D eigenvalue weighted by Crippen LogP contribution is -2.23. The smallest absolute Gasteiger partial charge is 0.0640 e. The molecule has 1 aromatic rings. The second-order valence-electron chi connectivity index (χ2n) is 3.14. The Labute approximate surface area is 85.0 Å². The van der Waals surface area contributed by atoms with Crippen LogP contribution in [-0.4, -0.2) is 18.1 Å². The van der Waals surface area contributed by atoms with Crippen LogP contribution in [0.3, 0.4) is 0 Å². The maximum atomic E-state index is 8.52. The molecule has 0 aliphatic heterocycles. The maximum Gasteiger partial charge on any atom is 0.0640 e. The van der Waals surface area contributed by atoms with E-state index in [1.54, 1.807) is 6.20 Å². The van der Waals surface area contributed by atoms with E-state index in [1.807, 2.05) is 19.1 Å². The van der Waals surface area contributed by atoms with Crippen LogP contribution in [0.5, 0.6) is 0 Å². The number of hydrogen-bond acceptors (Lipinski definition) is 3. The average molecular weight is 189 g/mol. The molecule has 74 valence electrons. The Balaban J connectivity index is 2.74. The number of pyridine rings is 1. The van der Waals surface area contributed by atoms with Gasteiger partial charge in [0.05, 0.1) is 12.5 Å². The molecular formula is C11H15N3. The first-order chi connectivity index (χ1) is 6.77. The van der Waals surface area contributed by atoms with Crippen LogP contribution in [0.15, 0.2) is 18.3 Å². The number of nitriles is 1. The Kier molecular flexibility index (Phi) is 3.93. The Morgan fingerprint density at radius 1 is 1.57 bits per heavy atom. The van der Waals surface area contributed by atoms with Crippen LogP contribution >= 0.6 is 0 Å². The molecule has 0 atom stereocenters. The average Bonchev–Trinajstić information content (AvgIpc) is 2.19. The lowest BCUT2D eigenvalue weighted by atomic mass is 10.3. The maximum absolute atomic E-state index is 8.52. The number of aryl methyl sites for hydroxylation is 1. The molecule has 0 bridgehead atoms. The normalized spacial score (nSPS) is 9.50. The summed E-state index contributed by atoms with van der Waals surface area (Å²) in [6.45, 7) is 5.77. The fraction of sp³-hybridized carbons (Fsp3) is 0.455. The molecule has 0 radical (unpaired) electrons. The predicted octanol–water partition coefficient (Wildman–Crippen LogP) is 2.13. The minimum atomic E-state index is 0.565. The minimum Gasteiger partial charge on any atom is -0.371 e. The van der Waals surface area contributed by atoms with Gasteiger partial charge in [-0.15, -0.1) is 0 Å². The van der Waals surface area contributed by atoms with Gasteiger partial charge in [-0.25, -0.2) is 0 Å². The highest BCUT2D eigenvalue weighted by Gasteiger charge is 2.03. The fourth-order valence-corrected chi connectivity index (χ4v) is 1.38. The van der Waals surface area contributed by atoms with Crippen molar-refractivity contribution in [3.63, 3.8) is 0 Å². The summed E-state index contributed by atoms with van der Waals surface area (Å²) < 4.78 is 0. The van der Waals surface area contributed by atoms with Gasteiger partial charge in [0.25, 0.3) is 0 Å². The molecule has 0 aliphatic rings. The lowest BCUT2D eigenvalue weighted by molar-refractivity contribution is 0.825. The zero-order chi connectivity index (χ0) is 10.4. The topological polar surface area (TPSA) is 39.9 Å². The van der Waals surface area contributed by atoms with E-state index in [0.29, 0.717) is 6.42 Å². The molecule has 0 spiro atoms. The molecule has 3 heteroatoms. The van der Waals surface area contributed by atoms with Gasteiger partial charge in [-0.05, 0) is 26.0 Å². The van der Waals surface area contributed by atoms with Crippen LogP contribution in [0.1, 0.15) is 19.0 Å². The van der Waals surface area contributed by atoms with Crippen LogP contribution < -0.4 is 4.90 Å². The SMILES string of the molecule is CCN(CCC#N)c1ccnc(C)c1. The highest BCUT2D eigenvalue weighted by Crippen LogP contribution is 2.13. The van der Waals surface area contributed by atoms with Gasteiger partial charge in [0, 0.05) is 30.7 Å². The molecule has 0 saturated heterocycles. The van der Waals surface area contributed by atoms with Crippen molar-refractivity contribution in [1.29, 1.82) is 5.26 Å². The van der Waals surface area contributed by atoms with E-state index >= 15 is 0 Å². The van der Waals surface area contributed by atoms with E-state index in [0.717, 1.165) is 24.5 Å². The molecular weight excluding hydrogens is 174 g/mol. The van der Waals surface area contributed by atoms with Crippen molar-refractivity contribution in [2.24, 2.45) is 0 Å². The first-order valence-electron chi connectivity index (χ1n) is 4.82. The van der Waals surface area contributed by atoms with Gasteiger partial charge in [-0.2, -0.15) is 5.26 Å². The van der Waals surface area contributed by atoms with Gasteiger partial charge in [0.15, 0.2) is 0 Å². The van der Waals surface area contributed by atoms with E-state index in [-0.39, 0.29) is 0 Å². The van der Waals surface area contributed by atoms with Gasteiger partial charge < -0.3 is 4.90 Å².